The van der Waals surface area contributed by atoms with E-state index >= 15 is 0 Å². The van der Waals surface area contributed by atoms with Gasteiger partial charge in [0.2, 0.25) is 0 Å². The molecule has 0 aliphatic carbocycles. The number of halogens is 2. The Labute approximate surface area is 138 Å². The van der Waals surface area contributed by atoms with Gasteiger partial charge in [-0.1, -0.05) is 0 Å². The maximum Gasteiger partial charge on any atom is 1.00 e. The fraction of sp³-hybridized carbons (Fsp3) is 0. The Kier molecular flexibility index (Phi) is 6.16. The molecule has 0 fully saturated rings. The van der Waals surface area contributed by atoms with Gasteiger partial charge in [0.05, 0.1) is 4.90 Å². The fourth-order valence-corrected chi connectivity index (χ4v) is 1.99. The van der Waals surface area contributed by atoms with Gasteiger partial charge in [-0.15, -0.1) is 0 Å². The summed E-state index contributed by atoms with van der Waals surface area (Å²) in [5.74, 6) is -1.92. The predicted molar refractivity (Wildman–Crippen MR) is 63.4 cm³/mol. The summed E-state index contributed by atoms with van der Waals surface area (Å²) >= 11 is -2.76. The van der Waals surface area contributed by atoms with Crippen molar-refractivity contribution in [2.24, 2.45) is 0 Å². The van der Waals surface area contributed by atoms with Crippen molar-refractivity contribution in [2.45, 2.75) is 4.90 Å². The van der Waals surface area contributed by atoms with Gasteiger partial charge in [-0.05, 0) is 53.5 Å². The molecule has 3 nitrogen and oxygen atoms in total. The Morgan fingerprint density at radius 1 is 1.00 bits per heavy atom. The van der Waals surface area contributed by atoms with Crippen LogP contribution in [0.25, 0.3) is 0 Å². The number of rotatable bonds is 3. The zero-order valence-corrected chi connectivity index (χ0v) is 13.2. The molecule has 0 saturated carbocycles. The summed E-state index contributed by atoms with van der Waals surface area (Å²) < 4.78 is 47.5. The number of hydrogen-bond donors (Lipinski definition) is 0. The molecule has 0 aromatic heterocycles. The van der Waals surface area contributed by atoms with Crippen molar-refractivity contribution in [1.29, 1.82) is 0 Å². The zero-order chi connectivity index (χ0) is 14.0. The van der Waals surface area contributed by atoms with Gasteiger partial charge in [-0.3, -0.25) is 9.00 Å². The van der Waals surface area contributed by atoms with Crippen molar-refractivity contribution in [3.63, 3.8) is 0 Å². The van der Waals surface area contributed by atoms with E-state index in [-0.39, 0.29) is 40.7 Å². The fourth-order valence-electron chi connectivity index (χ4n) is 1.54. The zero-order valence-electron chi connectivity index (χ0n) is 10.4. The van der Waals surface area contributed by atoms with E-state index in [0.717, 1.165) is 24.3 Å². The third-order valence-electron chi connectivity index (χ3n) is 2.48. The van der Waals surface area contributed by atoms with Gasteiger partial charge in [0.25, 0.3) is 0 Å². The monoisotopic (exact) mass is 304 g/mol. The molecule has 0 saturated heterocycles. The summed E-state index contributed by atoms with van der Waals surface area (Å²) in [7, 11) is 0. The van der Waals surface area contributed by atoms with Gasteiger partial charge in [-0.25, -0.2) is 8.78 Å². The molecule has 2 aromatic carbocycles. The maximum absolute atomic E-state index is 13.2. The molecule has 1 unspecified atom stereocenters. The second kappa shape index (κ2) is 7.19. The van der Waals surface area contributed by atoms with Crippen LogP contribution in [0, 0.1) is 11.6 Å². The van der Waals surface area contributed by atoms with E-state index in [1.54, 1.807) is 0 Å². The minimum absolute atomic E-state index is 0. The third-order valence-corrected chi connectivity index (χ3v) is 3.15. The average Bonchev–Trinajstić information content (AvgIpc) is 2.39. The van der Waals surface area contributed by atoms with Crippen LogP contribution in [-0.2, 0) is 11.1 Å². The molecule has 0 N–H and O–H groups in total. The molecule has 0 spiro atoms. The van der Waals surface area contributed by atoms with Gasteiger partial charge in [0, 0.05) is 11.1 Å². The van der Waals surface area contributed by atoms with Crippen LogP contribution in [0.15, 0.2) is 47.4 Å². The van der Waals surface area contributed by atoms with E-state index in [1.807, 2.05) is 0 Å². The van der Waals surface area contributed by atoms with Crippen LogP contribution in [0.4, 0.5) is 8.78 Å². The molecule has 20 heavy (non-hydrogen) atoms. The first-order valence-corrected chi connectivity index (χ1v) is 6.25. The van der Waals surface area contributed by atoms with Crippen molar-refractivity contribution in [3.05, 3.63) is 65.2 Å². The predicted octanol–water partition coefficient (Wildman–Crippen LogP) is -0.562. The molecule has 0 aliphatic heterocycles. The first-order valence-electron chi connectivity index (χ1n) is 5.18. The number of carbonyl (C=O) groups is 1. The van der Waals surface area contributed by atoms with Gasteiger partial charge in [0.1, 0.15) is 11.6 Å². The maximum atomic E-state index is 13.2. The standard InChI is InChI=1S/C13H8F2O3S.Na/c14-10-4-1-8(2-5-10)13(16)9-3-6-11(15)12(7-9)19(17)18;/h1-7H,(H,17,18);/q;+1/p-1. The van der Waals surface area contributed by atoms with Gasteiger partial charge < -0.3 is 4.55 Å². The molecule has 0 radical (unpaired) electrons. The first kappa shape index (κ1) is 17.1. The molecule has 2 rings (SSSR count). The van der Waals surface area contributed by atoms with E-state index in [9.17, 15) is 22.3 Å². The Morgan fingerprint density at radius 2 is 1.55 bits per heavy atom. The molecule has 98 valence electrons. The molecule has 7 heteroatoms. The summed E-state index contributed by atoms with van der Waals surface area (Å²) in [5.41, 5.74) is 0.211. The second-order valence-corrected chi connectivity index (χ2v) is 4.63. The van der Waals surface area contributed by atoms with E-state index < -0.39 is 33.4 Å². The molecule has 1 atom stereocenters. The third kappa shape index (κ3) is 3.80. The summed E-state index contributed by atoms with van der Waals surface area (Å²) in [6.07, 6.45) is 0. The van der Waals surface area contributed by atoms with Gasteiger partial charge in [-0.2, -0.15) is 0 Å². The van der Waals surface area contributed by atoms with Crippen LogP contribution in [0.2, 0.25) is 0 Å². The van der Waals surface area contributed by atoms with E-state index in [1.165, 1.54) is 18.2 Å². The summed E-state index contributed by atoms with van der Waals surface area (Å²) in [6, 6.07) is 7.81. The van der Waals surface area contributed by atoms with Crippen molar-refractivity contribution < 1.29 is 51.9 Å². The first-order chi connectivity index (χ1) is 8.99. The van der Waals surface area contributed by atoms with Crippen LogP contribution in [0.3, 0.4) is 0 Å². The largest absolute Gasteiger partial charge is 1.00 e. The normalized spacial score (nSPS) is 11.6. The van der Waals surface area contributed by atoms with Crippen LogP contribution < -0.4 is 29.6 Å². The molecule has 0 aliphatic rings. The van der Waals surface area contributed by atoms with Crippen molar-refractivity contribution >= 4 is 16.9 Å². The molecular weight excluding hydrogens is 297 g/mol. The summed E-state index contributed by atoms with van der Waals surface area (Å²) in [4.78, 5) is 11.4. The average molecular weight is 304 g/mol. The van der Waals surface area contributed by atoms with Gasteiger partial charge >= 0.3 is 29.6 Å². The van der Waals surface area contributed by atoms with E-state index in [0.29, 0.717) is 0 Å². The van der Waals surface area contributed by atoms with Crippen LogP contribution in [-0.4, -0.2) is 14.5 Å². The van der Waals surface area contributed by atoms with Crippen molar-refractivity contribution in [3.8, 4) is 0 Å². The second-order valence-electron chi connectivity index (χ2n) is 3.72. The van der Waals surface area contributed by atoms with Gasteiger partial charge in [0.15, 0.2) is 5.78 Å². The molecule has 0 bridgehead atoms. The SMILES string of the molecule is O=C(c1ccc(F)cc1)c1ccc(F)c(S(=O)[O-])c1.[Na+]. The number of ketones is 1. The minimum Gasteiger partial charge on any atom is -0.768 e. The minimum atomic E-state index is -2.76. The summed E-state index contributed by atoms with van der Waals surface area (Å²) in [5, 5.41) is 0. The number of carbonyl (C=O) groups excluding carboxylic acids is 1. The van der Waals surface area contributed by atoms with Crippen LogP contribution in [0.1, 0.15) is 15.9 Å². The van der Waals surface area contributed by atoms with Crippen LogP contribution in [0.5, 0.6) is 0 Å². The Balaban J connectivity index is 0.00000200. The van der Waals surface area contributed by atoms with E-state index in [2.05, 4.69) is 0 Å². The molecule has 0 heterocycles. The summed E-state index contributed by atoms with van der Waals surface area (Å²) in [6.45, 7) is 0. The Bertz CT molecular complexity index is 659. The number of hydrogen-bond acceptors (Lipinski definition) is 3. The van der Waals surface area contributed by atoms with E-state index in [4.69, 9.17) is 0 Å². The smallest absolute Gasteiger partial charge is 0.768 e. The quantitative estimate of drug-likeness (QED) is 0.434. The topological polar surface area (TPSA) is 57.2 Å². The van der Waals surface area contributed by atoms with Crippen molar-refractivity contribution in [1.82, 2.24) is 0 Å². The number of benzene rings is 2. The Morgan fingerprint density at radius 3 is 2.10 bits per heavy atom. The van der Waals surface area contributed by atoms with Crippen molar-refractivity contribution in [2.75, 3.05) is 0 Å². The molecule has 0 amide bonds. The molecular formula is C13H7F2NaO3S. The van der Waals surface area contributed by atoms with Crippen LogP contribution >= 0.6 is 0 Å². The Hall–Kier alpha value is -0.920. The molecule has 2 aromatic rings.